The van der Waals surface area contributed by atoms with Gasteiger partial charge in [-0.3, -0.25) is 0 Å². The molecule has 124 valence electrons. The first-order chi connectivity index (χ1) is 11.8. The summed E-state index contributed by atoms with van der Waals surface area (Å²) >= 11 is 0. The van der Waals surface area contributed by atoms with Crippen molar-refractivity contribution in [3.05, 3.63) is 91.0 Å². The van der Waals surface area contributed by atoms with Crippen molar-refractivity contribution in [2.45, 2.75) is 19.0 Å². The van der Waals surface area contributed by atoms with Gasteiger partial charge in [-0.15, -0.1) is 0 Å². The summed E-state index contributed by atoms with van der Waals surface area (Å²) in [5.74, 6) is 0. The molecule has 24 heavy (non-hydrogen) atoms. The number of hydrogen-bond acceptors (Lipinski definition) is 1. The van der Waals surface area contributed by atoms with Crippen LogP contribution in [0.3, 0.4) is 0 Å². The van der Waals surface area contributed by atoms with Crippen LogP contribution in [0.15, 0.2) is 91.0 Å². The van der Waals surface area contributed by atoms with Gasteiger partial charge in [0.25, 0.3) is 0 Å². The number of aliphatic hydroxyl groups is 1. The Morgan fingerprint density at radius 3 is 1.29 bits per heavy atom. The van der Waals surface area contributed by atoms with Crippen LogP contribution in [0.4, 0.5) is 0 Å². The molecule has 0 aliphatic carbocycles. The number of benzene rings is 3. The minimum absolute atomic E-state index is 0.225. The van der Waals surface area contributed by atoms with Gasteiger partial charge >= 0.3 is 145 Å². The van der Waals surface area contributed by atoms with Gasteiger partial charge in [-0.05, 0) is 0 Å². The third-order valence-electron chi connectivity index (χ3n) is 4.99. The summed E-state index contributed by atoms with van der Waals surface area (Å²) in [6.45, 7) is 2.53. The van der Waals surface area contributed by atoms with Gasteiger partial charge in [-0.2, -0.15) is 0 Å². The molecule has 0 saturated heterocycles. The Labute approximate surface area is 145 Å². The first kappa shape index (κ1) is 16.9. The molecule has 0 radical (unpaired) electrons. The molecule has 0 spiro atoms. The molecule has 0 fully saturated rings. The number of rotatable bonds is 6. The van der Waals surface area contributed by atoms with E-state index in [1.807, 2.05) is 0 Å². The third-order valence-corrected chi connectivity index (χ3v) is 10.5. The van der Waals surface area contributed by atoms with Gasteiger partial charge in [0, 0.05) is 0 Å². The predicted molar refractivity (Wildman–Crippen MR) is 108 cm³/mol. The zero-order valence-electron chi connectivity index (χ0n) is 14.1. The van der Waals surface area contributed by atoms with E-state index in [1.165, 1.54) is 15.9 Å². The summed E-state index contributed by atoms with van der Waals surface area (Å²) in [5, 5.41) is 13.9. The van der Waals surface area contributed by atoms with Crippen LogP contribution in [-0.4, -0.2) is 17.4 Å². The second-order valence-electron chi connectivity index (χ2n) is 6.32. The Morgan fingerprint density at radius 2 is 1.00 bits per heavy atom. The minimum atomic E-state index is -2.21. The van der Waals surface area contributed by atoms with Crippen molar-refractivity contribution in [2.75, 3.05) is 6.61 Å². The molecule has 3 aromatic rings. The maximum atomic E-state index is 9.66. The Hall–Kier alpha value is -1.95. The average Bonchev–Trinajstić information content (AvgIpc) is 2.65. The first-order valence-electron chi connectivity index (χ1n) is 8.57. The van der Waals surface area contributed by atoms with Crippen LogP contribution in [0.1, 0.15) is 13.3 Å². The van der Waals surface area contributed by atoms with Crippen molar-refractivity contribution in [1.82, 2.24) is 0 Å². The van der Waals surface area contributed by atoms with Crippen molar-refractivity contribution in [3.8, 4) is 0 Å². The molecule has 1 atom stereocenters. The molecule has 0 saturated carbocycles. The number of hydrogen-bond donors (Lipinski definition) is 1. The van der Waals surface area contributed by atoms with E-state index in [-0.39, 0.29) is 6.61 Å². The van der Waals surface area contributed by atoms with Gasteiger partial charge in [0.05, 0.1) is 0 Å². The number of aliphatic hydroxyl groups excluding tert-OH is 1. The predicted octanol–water partition coefficient (Wildman–Crippen LogP) is 3.48. The van der Waals surface area contributed by atoms with E-state index in [1.54, 1.807) is 0 Å². The van der Waals surface area contributed by atoms with Crippen molar-refractivity contribution < 1.29 is 5.11 Å². The van der Waals surface area contributed by atoms with E-state index in [4.69, 9.17) is 0 Å². The van der Waals surface area contributed by atoms with Crippen LogP contribution >= 0.6 is 7.26 Å². The molecule has 3 rings (SSSR count). The molecular formula is C22H25OP. The fourth-order valence-corrected chi connectivity index (χ4v) is 9.29. The van der Waals surface area contributed by atoms with Gasteiger partial charge in [0.2, 0.25) is 0 Å². The summed E-state index contributed by atoms with van der Waals surface area (Å²) in [5.41, 5.74) is 0.398. The monoisotopic (exact) mass is 336 g/mol. The van der Waals surface area contributed by atoms with E-state index in [9.17, 15) is 5.11 Å². The van der Waals surface area contributed by atoms with Crippen LogP contribution in [0.5, 0.6) is 0 Å². The normalized spacial score (nSPS) is 13.4. The SMILES string of the molecule is CC(CCO)[PH](c1ccccc1)(c1ccccc1)c1ccccc1. The second kappa shape index (κ2) is 7.75. The molecule has 2 heteroatoms. The topological polar surface area (TPSA) is 20.2 Å². The zero-order valence-corrected chi connectivity index (χ0v) is 15.1. The van der Waals surface area contributed by atoms with Crippen molar-refractivity contribution in [1.29, 1.82) is 0 Å². The summed E-state index contributed by atoms with van der Waals surface area (Å²) in [7, 11) is -2.21. The quantitative estimate of drug-likeness (QED) is 0.683. The van der Waals surface area contributed by atoms with Crippen LogP contribution in [-0.2, 0) is 0 Å². The Bertz CT molecular complexity index is 644. The molecule has 0 aromatic heterocycles. The van der Waals surface area contributed by atoms with Gasteiger partial charge in [0.15, 0.2) is 0 Å². The van der Waals surface area contributed by atoms with Gasteiger partial charge in [-0.1, -0.05) is 0 Å². The fraction of sp³-hybridized carbons (Fsp3) is 0.182. The van der Waals surface area contributed by atoms with Crippen molar-refractivity contribution in [3.63, 3.8) is 0 Å². The molecule has 0 bridgehead atoms. The molecular weight excluding hydrogens is 311 g/mol. The van der Waals surface area contributed by atoms with E-state index >= 15 is 0 Å². The van der Waals surface area contributed by atoms with Crippen molar-refractivity contribution >= 4 is 23.2 Å². The van der Waals surface area contributed by atoms with Gasteiger partial charge < -0.3 is 0 Å². The zero-order chi connectivity index (χ0) is 16.8. The van der Waals surface area contributed by atoms with E-state index < -0.39 is 7.26 Å². The van der Waals surface area contributed by atoms with Crippen LogP contribution in [0.2, 0.25) is 0 Å². The summed E-state index contributed by atoms with van der Waals surface area (Å²) in [6.07, 6.45) is 0.810. The van der Waals surface area contributed by atoms with Crippen LogP contribution in [0, 0.1) is 0 Å². The standard InChI is InChI=1S/C22H25OP/c1-19(17-18-23)24(20-11-5-2-6-12-20,21-13-7-3-8-14-21)22-15-9-4-10-16-22/h2-16,19,23-24H,17-18H2,1H3. The Balaban J connectivity index is 2.33. The van der Waals surface area contributed by atoms with Crippen LogP contribution < -0.4 is 15.9 Å². The molecule has 1 nitrogen and oxygen atoms in total. The summed E-state index contributed by atoms with van der Waals surface area (Å²) in [6, 6.07) is 32.6. The van der Waals surface area contributed by atoms with E-state index in [0.717, 1.165) is 6.42 Å². The second-order valence-corrected chi connectivity index (χ2v) is 10.7. The van der Waals surface area contributed by atoms with Gasteiger partial charge in [0.1, 0.15) is 0 Å². The fourth-order valence-electron chi connectivity index (χ4n) is 3.87. The van der Waals surface area contributed by atoms with Crippen molar-refractivity contribution in [2.24, 2.45) is 0 Å². The molecule has 1 unspecified atom stereocenters. The maximum absolute atomic E-state index is 9.66. The Kier molecular flexibility index (Phi) is 5.45. The van der Waals surface area contributed by atoms with Crippen LogP contribution in [0.25, 0.3) is 0 Å². The summed E-state index contributed by atoms with van der Waals surface area (Å²) in [4.78, 5) is 0. The first-order valence-corrected chi connectivity index (χ1v) is 10.6. The molecule has 0 aliphatic heterocycles. The molecule has 1 N–H and O–H groups in total. The van der Waals surface area contributed by atoms with Gasteiger partial charge in [-0.25, -0.2) is 0 Å². The van der Waals surface area contributed by atoms with E-state index in [0.29, 0.717) is 5.66 Å². The molecule has 0 amide bonds. The average molecular weight is 336 g/mol. The third kappa shape index (κ3) is 3.02. The van der Waals surface area contributed by atoms with E-state index in [2.05, 4.69) is 97.9 Å². The molecule has 0 aliphatic rings. The molecule has 0 heterocycles. The molecule has 3 aromatic carbocycles. The Morgan fingerprint density at radius 1 is 0.667 bits per heavy atom. The summed E-state index contributed by atoms with van der Waals surface area (Å²) < 4.78 is 0.